The van der Waals surface area contributed by atoms with Crippen molar-refractivity contribution in [3.05, 3.63) is 35.6 Å². The van der Waals surface area contributed by atoms with E-state index in [0.29, 0.717) is 31.9 Å². The van der Waals surface area contributed by atoms with E-state index in [2.05, 4.69) is 20.0 Å². The number of rotatable bonds is 5. The molecule has 2 aromatic rings. The molecule has 1 fully saturated rings. The van der Waals surface area contributed by atoms with Crippen LogP contribution in [0.15, 0.2) is 23.0 Å². The number of nitriles is 1. The highest BCUT2D eigenvalue weighted by atomic mass is 19.1. The number of aryl methyl sites for hydroxylation is 1. The molecule has 2 atom stereocenters. The zero-order chi connectivity index (χ0) is 17.1. The van der Waals surface area contributed by atoms with Crippen LogP contribution in [0.5, 0.6) is 0 Å². The van der Waals surface area contributed by atoms with Gasteiger partial charge in [0.05, 0.1) is 24.6 Å². The van der Waals surface area contributed by atoms with Crippen molar-refractivity contribution in [2.45, 2.75) is 32.1 Å². The Morgan fingerprint density at radius 1 is 1.46 bits per heavy atom. The van der Waals surface area contributed by atoms with Crippen LogP contribution in [0.25, 0.3) is 0 Å². The molecule has 0 bridgehead atoms. The topological polar surface area (TPSA) is 82.1 Å². The van der Waals surface area contributed by atoms with Crippen LogP contribution in [0.2, 0.25) is 0 Å². The fraction of sp³-hybridized carbons (Fsp3) is 0.500. The van der Waals surface area contributed by atoms with Gasteiger partial charge in [-0.3, -0.25) is 4.90 Å². The second-order valence-corrected chi connectivity index (χ2v) is 6.10. The lowest BCUT2D eigenvalue weighted by atomic mass is 10.2. The number of nitrogens with zero attached hydrogens (tertiary/aromatic N) is 6. The molecule has 7 nitrogen and oxygen atoms in total. The number of aromatic nitrogens is 3. The van der Waals surface area contributed by atoms with Crippen LogP contribution >= 0.6 is 0 Å². The first-order valence-electron chi connectivity index (χ1n) is 7.78. The first kappa shape index (κ1) is 16.3. The molecule has 0 spiro atoms. The van der Waals surface area contributed by atoms with Gasteiger partial charge in [-0.2, -0.15) is 5.26 Å². The molecule has 24 heavy (non-hydrogen) atoms. The first-order chi connectivity index (χ1) is 11.5. The van der Waals surface area contributed by atoms with Crippen LogP contribution in [0.4, 0.5) is 10.2 Å². The SMILES string of the molecule is Cc1cc(CN2C[C@@H](F)C[C@H]2CN(C)c2cnc(C#N)cn2)on1. The number of hydrogen-bond donors (Lipinski definition) is 0. The molecule has 0 saturated carbocycles. The molecule has 0 aliphatic carbocycles. The highest BCUT2D eigenvalue weighted by Gasteiger charge is 2.33. The molecule has 3 heterocycles. The minimum atomic E-state index is -0.848. The normalized spacial score (nSPS) is 20.9. The van der Waals surface area contributed by atoms with E-state index in [4.69, 9.17) is 9.78 Å². The van der Waals surface area contributed by atoms with Crippen LogP contribution in [0, 0.1) is 18.3 Å². The average molecular weight is 330 g/mol. The van der Waals surface area contributed by atoms with Gasteiger partial charge in [-0.1, -0.05) is 5.16 Å². The standard InChI is InChI=1S/C16H19FN6O/c1-11-3-15(24-21-11)10-23-8-12(17)4-14(23)9-22(2)16-7-19-13(5-18)6-20-16/h3,6-7,12,14H,4,8-10H2,1-2H3/t12-,14-/m0/s1. The molecule has 1 aliphatic heterocycles. The molecule has 2 aromatic heterocycles. The van der Waals surface area contributed by atoms with Crippen LogP contribution in [-0.4, -0.2) is 52.4 Å². The molecule has 126 valence electrons. The number of likely N-dealkylation sites (N-methyl/N-ethyl adjacent to an activating group) is 1. The van der Waals surface area contributed by atoms with E-state index in [1.807, 2.05) is 31.0 Å². The molecule has 0 unspecified atom stereocenters. The van der Waals surface area contributed by atoms with Gasteiger partial charge in [-0.05, 0) is 13.3 Å². The Kier molecular flexibility index (Phi) is 4.71. The van der Waals surface area contributed by atoms with Crippen LogP contribution in [0.1, 0.15) is 23.6 Å². The van der Waals surface area contributed by atoms with Crippen molar-refractivity contribution in [1.82, 2.24) is 20.0 Å². The monoisotopic (exact) mass is 330 g/mol. The summed E-state index contributed by atoms with van der Waals surface area (Å²) in [6, 6.07) is 3.86. The number of likely N-dealkylation sites (tertiary alicyclic amines) is 1. The Balaban J connectivity index is 1.66. The average Bonchev–Trinajstić information content (AvgIpc) is 3.13. The number of anilines is 1. The van der Waals surface area contributed by atoms with Gasteiger partial charge in [0.15, 0.2) is 11.5 Å². The van der Waals surface area contributed by atoms with E-state index in [1.165, 1.54) is 6.20 Å². The maximum atomic E-state index is 13.9. The van der Waals surface area contributed by atoms with E-state index in [1.54, 1.807) is 6.20 Å². The summed E-state index contributed by atoms with van der Waals surface area (Å²) in [6.07, 6.45) is 2.62. The quantitative estimate of drug-likeness (QED) is 0.825. The van der Waals surface area contributed by atoms with Gasteiger partial charge < -0.3 is 9.42 Å². The summed E-state index contributed by atoms with van der Waals surface area (Å²) in [4.78, 5) is 12.2. The van der Waals surface area contributed by atoms with Gasteiger partial charge in [0.2, 0.25) is 0 Å². The third-order valence-electron chi connectivity index (χ3n) is 4.14. The van der Waals surface area contributed by atoms with Crippen LogP contribution in [-0.2, 0) is 6.54 Å². The highest BCUT2D eigenvalue weighted by molar-refractivity contribution is 5.36. The Morgan fingerprint density at radius 2 is 2.29 bits per heavy atom. The fourth-order valence-electron chi connectivity index (χ4n) is 2.98. The van der Waals surface area contributed by atoms with Gasteiger partial charge in [-0.25, -0.2) is 14.4 Å². The summed E-state index contributed by atoms with van der Waals surface area (Å²) in [7, 11) is 1.89. The zero-order valence-electron chi connectivity index (χ0n) is 13.7. The summed E-state index contributed by atoms with van der Waals surface area (Å²) in [5, 5.41) is 12.7. The van der Waals surface area contributed by atoms with E-state index in [9.17, 15) is 4.39 Å². The molecular formula is C16H19FN6O. The minimum Gasteiger partial charge on any atom is -0.360 e. The second kappa shape index (κ2) is 6.93. The largest absolute Gasteiger partial charge is 0.360 e. The molecule has 0 amide bonds. The van der Waals surface area contributed by atoms with Crippen molar-refractivity contribution in [1.29, 1.82) is 5.26 Å². The molecular weight excluding hydrogens is 311 g/mol. The molecule has 1 aliphatic rings. The maximum Gasteiger partial charge on any atom is 0.158 e. The molecule has 0 radical (unpaired) electrons. The summed E-state index contributed by atoms with van der Waals surface area (Å²) < 4.78 is 19.2. The van der Waals surface area contributed by atoms with Gasteiger partial charge in [-0.15, -0.1) is 0 Å². The first-order valence-corrected chi connectivity index (χ1v) is 7.78. The van der Waals surface area contributed by atoms with Crippen molar-refractivity contribution >= 4 is 5.82 Å². The van der Waals surface area contributed by atoms with Gasteiger partial charge in [0.25, 0.3) is 0 Å². The highest BCUT2D eigenvalue weighted by Crippen LogP contribution is 2.24. The number of hydrogen-bond acceptors (Lipinski definition) is 7. The van der Waals surface area contributed by atoms with Crippen molar-refractivity contribution in [2.75, 3.05) is 25.0 Å². The van der Waals surface area contributed by atoms with Crippen molar-refractivity contribution in [3.8, 4) is 6.07 Å². The van der Waals surface area contributed by atoms with Gasteiger partial charge in [0.1, 0.15) is 18.1 Å². The van der Waals surface area contributed by atoms with Crippen LogP contribution < -0.4 is 4.90 Å². The smallest absolute Gasteiger partial charge is 0.158 e. The predicted molar refractivity (Wildman–Crippen MR) is 85.0 cm³/mol. The Morgan fingerprint density at radius 3 is 2.92 bits per heavy atom. The molecule has 0 N–H and O–H groups in total. The molecule has 8 heteroatoms. The lowest BCUT2D eigenvalue weighted by Gasteiger charge is -2.28. The van der Waals surface area contributed by atoms with Crippen molar-refractivity contribution in [3.63, 3.8) is 0 Å². The van der Waals surface area contributed by atoms with E-state index in [0.717, 1.165) is 11.5 Å². The summed E-state index contributed by atoms with van der Waals surface area (Å²) in [5.41, 5.74) is 1.10. The lowest BCUT2D eigenvalue weighted by molar-refractivity contribution is 0.209. The third-order valence-corrected chi connectivity index (χ3v) is 4.14. The number of halogens is 1. The maximum absolute atomic E-state index is 13.9. The van der Waals surface area contributed by atoms with Crippen LogP contribution in [0.3, 0.4) is 0 Å². The molecule has 1 saturated heterocycles. The predicted octanol–water partition coefficient (Wildman–Crippen LogP) is 1.69. The van der Waals surface area contributed by atoms with Crippen molar-refractivity contribution < 1.29 is 8.91 Å². The zero-order valence-corrected chi connectivity index (χ0v) is 13.7. The molecule has 0 aromatic carbocycles. The Labute approximate surface area is 139 Å². The fourth-order valence-corrected chi connectivity index (χ4v) is 2.98. The Bertz CT molecular complexity index is 725. The summed E-state index contributed by atoms with van der Waals surface area (Å²) >= 11 is 0. The van der Waals surface area contributed by atoms with E-state index in [-0.39, 0.29) is 11.7 Å². The van der Waals surface area contributed by atoms with E-state index < -0.39 is 6.17 Å². The molecule has 3 rings (SSSR count). The number of alkyl halides is 1. The van der Waals surface area contributed by atoms with Gasteiger partial charge >= 0.3 is 0 Å². The lowest BCUT2D eigenvalue weighted by Crippen LogP contribution is -2.38. The van der Waals surface area contributed by atoms with Crippen molar-refractivity contribution in [2.24, 2.45) is 0 Å². The van der Waals surface area contributed by atoms with Gasteiger partial charge in [0, 0.05) is 32.2 Å². The van der Waals surface area contributed by atoms with E-state index >= 15 is 0 Å². The summed E-state index contributed by atoms with van der Waals surface area (Å²) in [5.74, 6) is 1.40. The second-order valence-electron chi connectivity index (χ2n) is 6.10. The Hall–Kier alpha value is -2.53. The summed E-state index contributed by atoms with van der Waals surface area (Å²) in [6.45, 7) is 3.41. The minimum absolute atomic E-state index is 0.0489. The third kappa shape index (κ3) is 3.68.